The molecule has 106 valence electrons. The Bertz CT molecular complexity index is 551. The third-order valence-electron chi connectivity index (χ3n) is 3.69. The van der Waals surface area contributed by atoms with E-state index in [0.717, 1.165) is 25.1 Å². The zero-order chi connectivity index (χ0) is 14.4. The van der Waals surface area contributed by atoms with Gasteiger partial charge in [0.1, 0.15) is 5.82 Å². The van der Waals surface area contributed by atoms with Crippen molar-refractivity contribution in [2.45, 2.75) is 26.2 Å². The molecule has 2 heteroatoms. The van der Waals surface area contributed by atoms with Gasteiger partial charge in [0, 0.05) is 12.5 Å². The van der Waals surface area contributed by atoms with Crippen LogP contribution in [0.15, 0.2) is 48.5 Å². The molecule has 2 rings (SSSR count). The predicted molar refractivity (Wildman–Crippen MR) is 82.6 cm³/mol. The van der Waals surface area contributed by atoms with Gasteiger partial charge < -0.3 is 5.32 Å². The number of halogens is 1. The smallest absolute Gasteiger partial charge is 0.123 e. The fourth-order valence-electron chi connectivity index (χ4n) is 2.49. The summed E-state index contributed by atoms with van der Waals surface area (Å²) >= 11 is 0. The van der Waals surface area contributed by atoms with Crippen LogP contribution in [0.1, 0.15) is 29.5 Å². The van der Waals surface area contributed by atoms with Crippen LogP contribution in [-0.4, -0.2) is 13.1 Å². The van der Waals surface area contributed by atoms with Crippen molar-refractivity contribution in [1.29, 1.82) is 0 Å². The Hall–Kier alpha value is -1.67. The average molecular weight is 271 g/mol. The minimum absolute atomic E-state index is 0.159. The molecule has 0 fully saturated rings. The van der Waals surface area contributed by atoms with Gasteiger partial charge in [-0.15, -0.1) is 0 Å². The standard InChI is InChI=1S/C18H22FN/c1-3-20-13-17(16-9-6-10-18(19)12-16)11-15-8-5-4-7-14(15)2/h4-10,12,17,20H,3,11,13H2,1-2H3. The number of hydrogen-bond acceptors (Lipinski definition) is 1. The summed E-state index contributed by atoms with van der Waals surface area (Å²) in [7, 11) is 0. The highest BCUT2D eigenvalue weighted by molar-refractivity contribution is 5.30. The van der Waals surface area contributed by atoms with E-state index in [1.54, 1.807) is 12.1 Å². The minimum Gasteiger partial charge on any atom is -0.316 e. The second-order valence-corrected chi connectivity index (χ2v) is 5.19. The zero-order valence-electron chi connectivity index (χ0n) is 12.2. The van der Waals surface area contributed by atoms with Crippen LogP contribution < -0.4 is 5.32 Å². The van der Waals surface area contributed by atoms with E-state index in [-0.39, 0.29) is 5.82 Å². The van der Waals surface area contributed by atoms with Gasteiger partial charge in [-0.2, -0.15) is 0 Å². The first-order chi connectivity index (χ1) is 9.70. The molecule has 1 unspecified atom stereocenters. The van der Waals surface area contributed by atoms with E-state index in [1.807, 2.05) is 6.07 Å². The van der Waals surface area contributed by atoms with Crippen LogP contribution >= 0.6 is 0 Å². The van der Waals surface area contributed by atoms with Crippen molar-refractivity contribution in [3.05, 3.63) is 71.0 Å². The topological polar surface area (TPSA) is 12.0 Å². The van der Waals surface area contributed by atoms with Crippen molar-refractivity contribution in [2.75, 3.05) is 13.1 Å². The van der Waals surface area contributed by atoms with Gasteiger partial charge in [-0.25, -0.2) is 4.39 Å². The summed E-state index contributed by atoms with van der Waals surface area (Å²) in [5, 5.41) is 3.38. The summed E-state index contributed by atoms with van der Waals surface area (Å²) in [4.78, 5) is 0. The maximum absolute atomic E-state index is 13.4. The first kappa shape index (κ1) is 14.7. The van der Waals surface area contributed by atoms with Crippen molar-refractivity contribution in [1.82, 2.24) is 5.32 Å². The fourth-order valence-corrected chi connectivity index (χ4v) is 2.49. The average Bonchev–Trinajstić information content (AvgIpc) is 2.45. The highest BCUT2D eigenvalue weighted by Crippen LogP contribution is 2.23. The van der Waals surface area contributed by atoms with E-state index >= 15 is 0 Å². The Labute approximate surface area is 120 Å². The number of hydrogen-bond donors (Lipinski definition) is 1. The molecule has 1 N–H and O–H groups in total. The monoisotopic (exact) mass is 271 g/mol. The van der Waals surface area contributed by atoms with Gasteiger partial charge in [-0.1, -0.05) is 43.3 Å². The van der Waals surface area contributed by atoms with Crippen molar-refractivity contribution < 1.29 is 4.39 Å². The molecule has 1 atom stereocenters. The molecule has 0 amide bonds. The van der Waals surface area contributed by atoms with Gasteiger partial charge in [0.25, 0.3) is 0 Å². The van der Waals surface area contributed by atoms with Gasteiger partial charge in [0.2, 0.25) is 0 Å². The normalized spacial score (nSPS) is 12.3. The van der Waals surface area contributed by atoms with E-state index in [0.29, 0.717) is 5.92 Å². The highest BCUT2D eigenvalue weighted by atomic mass is 19.1. The molecule has 0 aromatic heterocycles. The van der Waals surface area contributed by atoms with Crippen molar-refractivity contribution in [3.63, 3.8) is 0 Å². The first-order valence-electron chi connectivity index (χ1n) is 7.21. The molecule has 0 heterocycles. The van der Waals surface area contributed by atoms with Gasteiger partial charge in [0.05, 0.1) is 0 Å². The summed E-state index contributed by atoms with van der Waals surface area (Å²) in [5.74, 6) is 0.139. The molecule has 0 aliphatic carbocycles. The van der Waals surface area contributed by atoms with E-state index in [4.69, 9.17) is 0 Å². The molecule has 20 heavy (non-hydrogen) atoms. The van der Waals surface area contributed by atoms with Crippen molar-refractivity contribution in [2.24, 2.45) is 0 Å². The summed E-state index contributed by atoms with van der Waals surface area (Å²) in [6.07, 6.45) is 0.934. The number of aryl methyl sites for hydroxylation is 1. The molecule has 0 spiro atoms. The molecular weight excluding hydrogens is 249 g/mol. The molecule has 0 saturated carbocycles. The lowest BCUT2D eigenvalue weighted by Crippen LogP contribution is -2.23. The van der Waals surface area contributed by atoms with Crippen LogP contribution in [0.5, 0.6) is 0 Å². The van der Waals surface area contributed by atoms with E-state index < -0.39 is 0 Å². The Morgan fingerprint density at radius 1 is 1.10 bits per heavy atom. The van der Waals surface area contributed by atoms with Crippen LogP contribution in [-0.2, 0) is 6.42 Å². The summed E-state index contributed by atoms with van der Waals surface area (Å²) < 4.78 is 13.4. The van der Waals surface area contributed by atoms with Crippen LogP contribution in [0.4, 0.5) is 4.39 Å². The van der Waals surface area contributed by atoms with Gasteiger partial charge in [-0.3, -0.25) is 0 Å². The largest absolute Gasteiger partial charge is 0.316 e. The fraction of sp³-hybridized carbons (Fsp3) is 0.333. The first-order valence-corrected chi connectivity index (χ1v) is 7.21. The Morgan fingerprint density at radius 2 is 1.90 bits per heavy atom. The molecule has 0 radical (unpaired) electrons. The van der Waals surface area contributed by atoms with Crippen LogP contribution in [0.25, 0.3) is 0 Å². The lowest BCUT2D eigenvalue weighted by molar-refractivity contribution is 0.582. The van der Waals surface area contributed by atoms with Gasteiger partial charge in [-0.05, 0) is 48.7 Å². The summed E-state index contributed by atoms with van der Waals surface area (Å²) in [6, 6.07) is 15.4. The number of nitrogens with one attached hydrogen (secondary N) is 1. The minimum atomic E-state index is -0.159. The molecule has 0 saturated heterocycles. The maximum Gasteiger partial charge on any atom is 0.123 e. The number of likely N-dealkylation sites (N-methyl/N-ethyl adjacent to an activating group) is 1. The van der Waals surface area contributed by atoms with E-state index in [2.05, 4.69) is 43.4 Å². The maximum atomic E-state index is 13.4. The highest BCUT2D eigenvalue weighted by Gasteiger charge is 2.13. The van der Waals surface area contributed by atoms with Crippen molar-refractivity contribution in [3.8, 4) is 0 Å². The van der Waals surface area contributed by atoms with Crippen LogP contribution in [0, 0.1) is 12.7 Å². The lowest BCUT2D eigenvalue weighted by Gasteiger charge is -2.19. The summed E-state index contributed by atoms with van der Waals surface area (Å²) in [5.41, 5.74) is 3.69. The van der Waals surface area contributed by atoms with E-state index in [1.165, 1.54) is 17.2 Å². The van der Waals surface area contributed by atoms with Gasteiger partial charge in [0.15, 0.2) is 0 Å². The molecule has 0 aliphatic rings. The molecular formula is C18H22FN. The van der Waals surface area contributed by atoms with Crippen LogP contribution in [0.2, 0.25) is 0 Å². The summed E-state index contributed by atoms with van der Waals surface area (Å²) in [6.45, 7) is 6.02. The molecule has 0 bridgehead atoms. The Kier molecular flexibility index (Phi) is 5.31. The van der Waals surface area contributed by atoms with Crippen LogP contribution in [0.3, 0.4) is 0 Å². The molecule has 2 aromatic rings. The molecule has 2 aromatic carbocycles. The predicted octanol–water partition coefficient (Wildman–Crippen LogP) is 4.07. The van der Waals surface area contributed by atoms with E-state index in [9.17, 15) is 4.39 Å². The molecule has 1 nitrogen and oxygen atoms in total. The van der Waals surface area contributed by atoms with Gasteiger partial charge >= 0.3 is 0 Å². The Balaban J connectivity index is 2.21. The third-order valence-corrected chi connectivity index (χ3v) is 3.69. The molecule has 0 aliphatic heterocycles. The number of rotatable bonds is 6. The van der Waals surface area contributed by atoms with Crippen molar-refractivity contribution >= 4 is 0 Å². The third kappa shape index (κ3) is 3.91. The number of benzene rings is 2. The second-order valence-electron chi connectivity index (χ2n) is 5.19. The zero-order valence-corrected chi connectivity index (χ0v) is 12.2. The second kappa shape index (κ2) is 7.20. The SMILES string of the molecule is CCNCC(Cc1ccccc1C)c1cccc(F)c1. The quantitative estimate of drug-likeness (QED) is 0.835. The lowest BCUT2D eigenvalue weighted by atomic mass is 9.90. The Morgan fingerprint density at radius 3 is 2.60 bits per heavy atom.